The summed E-state index contributed by atoms with van der Waals surface area (Å²) >= 11 is 1.89. The molecule has 0 unspecified atom stereocenters. The topological polar surface area (TPSA) is 8.17 Å². The van der Waals surface area contributed by atoms with Gasteiger partial charge < -0.3 is 9.47 Å². The largest absolute Gasteiger partial charge is 0.310 e. The smallest absolute Gasteiger partial charge is 0.0555 e. The van der Waals surface area contributed by atoms with Crippen LogP contribution < -0.4 is 4.90 Å². The molecule has 2 heterocycles. The molecule has 2 aromatic heterocycles. The monoisotopic (exact) mass is 834 g/mol. The predicted molar refractivity (Wildman–Crippen MR) is 274 cm³/mol. The second-order valence-electron chi connectivity index (χ2n) is 17.7. The number of rotatable bonds is 6. The number of thiophene rings is 1. The van der Waals surface area contributed by atoms with Crippen LogP contribution in [0.25, 0.3) is 91.8 Å². The number of fused-ring (bicyclic) bond motifs is 10. The standard InChI is InChI=1S/C61H42N2S/c1-61(2)52-22-10-5-18-47(52)48-34-33-44(38-53(48)61)62(57-36-35-46(42-28-27-39-15-3-4-16-41(39)37-42)60-59(57)51-21-9-14-26-58(51)64-60)43-31-29-40(30-32-43)45-17-6-11-23-54(45)63-55-24-12-7-19-49(55)50-20-8-13-25-56(50)63/h3-38H,1-2H3. The highest BCUT2D eigenvalue weighted by molar-refractivity contribution is 7.26. The van der Waals surface area contributed by atoms with E-state index in [0.29, 0.717) is 0 Å². The molecule has 3 heteroatoms. The Balaban J connectivity index is 1.02. The molecule has 2 nitrogen and oxygen atoms in total. The Labute approximate surface area is 376 Å². The Morgan fingerprint density at radius 3 is 1.81 bits per heavy atom. The van der Waals surface area contributed by atoms with Crippen LogP contribution in [-0.2, 0) is 5.41 Å². The Morgan fingerprint density at radius 2 is 1.02 bits per heavy atom. The minimum absolute atomic E-state index is 0.141. The number of anilines is 3. The van der Waals surface area contributed by atoms with Crippen LogP contribution in [0.15, 0.2) is 218 Å². The highest BCUT2D eigenvalue weighted by Gasteiger charge is 2.36. The molecule has 0 saturated heterocycles. The fourth-order valence-electron chi connectivity index (χ4n) is 10.7. The minimum Gasteiger partial charge on any atom is -0.310 e. The highest BCUT2D eigenvalue weighted by Crippen LogP contribution is 2.53. The van der Waals surface area contributed by atoms with Gasteiger partial charge in [-0.3, -0.25) is 0 Å². The lowest BCUT2D eigenvalue weighted by Crippen LogP contribution is -2.16. The van der Waals surface area contributed by atoms with Crippen molar-refractivity contribution in [2.24, 2.45) is 0 Å². The SMILES string of the molecule is CC1(C)c2ccccc2-c2ccc(N(c3ccc(-c4ccccc4-n4c5ccccc5c5ccccc54)cc3)c3ccc(-c4ccc5ccccc5c4)c4sc5ccccc5c34)cc21. The molecule has 0 N–H and O–H groups in total. The zero-order valence-electron chi connectivity index (χ0n) is 35.6. The van der Waals surface area contributed by atoms with Gasteiger partial charge in [-0.05, 0) is 110 Å². The van der Waals surface area contributed by atoms with E-state index in [4.69, 9.17) is 0 Å². The Hall–Kier alpha value is -7.72. The van der Waals surface area contributed by atoms with Gasteiger partial charge in [0.15, 0.2) is 0 Å². The number of hydrogen-bond acceptors (Lipinski definition) is 2. The third-order valence-electron chi connectivity index (χ3n) is 13.8. The van der Waals surface area contributed by atoms with Gasteiger partial charge in [-0.1, -0.05) is 172 Å². The molecule has 0 spiro atoms. The molecule has 0 atom stereocenters. The number of benzene rings is 10. The van der Waals surface area contributed by atoms with Crippen molar-refractivity contribution in [2.45, 2.75) is 19.3 Å². The first kappa shape index (κ1) is 36.9. The van der Waals surface area contributed by atoms with Crippen molar-refractivity contribution in [2.75, 3.05) is 4.90 Å². The van der Waals surface area contributed by atoms with E-state index >= 15 is 0 Å². The van der Waals surface area contributed by atoms with Gasteiger partial charge >= 0.3 is 0 Å². The fraction of sp³-hybridized carbons (Fsp3) is 0.0492. The zero-order chi connectivity index (χ0) is 42.5. The molecule has 13 rings (SSSR count). The molecule has 10 aromatic carbocycles. The van der Waals surface area contributed by atoms with Gasteiger partial charge in [0.25, 0.3) is 0 Å². The molecule has 1 aliphatic rings. The molecule has 0 aliphatic heterocycles. The Kier molecular flexibility index (Phi) is 8.16. The van der Waals surface area contributed by atoms with Gasteiger partial charge in [-0.15, -0.1) is 11.3 Å². The van der Waals surface area contributed by atoms with Crippen LogP contribution >= 0.6 is 11.3 Å². The van der Waals surface area contributed by atoms with Gasteiger partial charge in [0, 0.05) is 53.3 Å². The van der Waals surface area contributed by atoms with Crippen molar-refractivity contribution in [3.05, 3.63) is 230 Å². The van der Waals surface area contributed by atoms with Gasteiger partial charge in [0.05, 0.1) is 22.4 Å². The van der Waals surface area contributed by atoms with Crippen molar-refractivity contribution in [1.29, 1.82) is 0 Å². The molecule has 0 bridgehead atoms. The molecule has 0 amide bonds. The van der Waals surface area contributed by atoms with Crippen LogP contribution in [0, 0.1) is 0 Å². The van der Waals surface area contributed by atoms with Crippen LogP contribution in [0.1, 0.15) is 25.0 Å². The summed E-state index contributed by atoms with van der Waals surface area (Å²) in [5.41, 5.74) is 17.1. The first-order valence-electron chi connectivity index (χ1n) is 22.2. The lowest BCUT2D eigenvalue weighted by atomic mass is 9.82. The van der Waals surface area contributed by atoms with Gasteiger partial charge in [-0.25, -0.2) is 0 Å². The normalized spacial score (nSPS) is 13.0. The fourth-order valence-corrected chi connectivity index (χ4v) is 12.0. The summed E-state index contributed by atoms with van der Waals surface area (Å²) in [7, 11) is 0. The van der Waals surface area contributed by atoms with Gasteiger partial charge in [0.1, 0.15) is 0 Å². The predicted octanol–water partition coefficient (Wildman–Crippen LogP) is 17.4. The molecule has 0 fully saturated rings. The maximum absolute atomic E-state index is 2.51. The van der Waals surface area contributed by atoms with Crippen LogP contribution in [0.2, 0.25) is 0 Å². The van der Waals surface area contributed by atoms with Crippen LogP contribution in [0.4, 0.5) is 17.1 Å². The number of aromatic nitrogens is 1. The second kappa shape index (κ2) is 14.2. The molecular formula is C61H42N2S. The first-order valence-corrected chi connectivity index (χ1v) is 23.0. The zero-order valence-corrected chi connectivity index (χ0v) is 36.4. The molecule has 12 aromatic rings. The second-order valence-corrected chi connectivity index (χ2v) is 18.7. The van der Waals surface area contributed by atoms with Crippen molar-refractivity contribution >= 4 is 81.1 Å². The van der Waals surface area contributed by atoms with Crippen LogP contribution in [-0.4, -0.2) is 4.57 Å². The number of nitrogens with zero attached hydrogens (tertiary/aromatic N) is 2. The summed E-state index contributed by atoms with van der Waals surface area (Å²) in [4.78, 5) is 2.51. The molecular weight excluding hydrogens is 793 g/mol. The maximum atomic E-state index is 2.51. The Morgan fingerprint density at radius 1 is 0.422 bits per heavy atom. The molecule has 0 radical (unpaired) electrons. The quantitative estimate of drug-likeness (QED) is 0.162. The maximum Gasteiger partial charge on any atom is 0.0555 e. The van der Waals surface area contributed by atoms with Crippen molar-refractivity contribution in [3.63, 3.8) is 0 Å². The summed E-state index contributed by atoms with van der Waals surface area (Å²) in [5.74, 6) is 0. The summed E-state index contributed by atoms with van der Waals surface area (Å²) in [5, 5.41) is 7.58. The first-order chi connectivity index (χ1) is 31.5. The molecule has 0 saturated carbocycles. The molecule has 1 aliphatic carbocycles. The number of para-hydroxylation sites is 3. The summed E-state index contributed by atoms with van der Waals surface area (Å²) < 4.78 is 5.01. The minimum atomic E-state index is -0.141. The van der Waals surface area contributed by atoms with Gasteiger partial charge in [-0.2, -0.15) is 0 Å². The van der Waals surface area contributed by atoms with E-state index < -0.39 is 0 Å². The summed E-state index contributed by atoms with van der Waals surface area (Å²) in [6.45, 7) is 4.75. The number of hydrogen-bond donors (Lipinski definition) is 0. The lowest BCUT2D eigenvalue weighted by molar-refractivity contribution is 0.660. The van der Waals surface area contributed by atoms with E-state index in [2.05, 4.69) is 242 Å². The van der Waals surface area contributed by atoms with Gasteiger partial charge in [0.2, 0.25) is 0 Å². The van der Waals surface area contributed by atoms with E-state index in [-0.39, 0.29) is 5.41 Å². The molecule has 64 heavy (non-hydrogen) atoms. The van der Waals surface area contributed by atoms with Crippen molar-refractivity contribution in [3.8, 4) is 39.1 Å². The Bertz CT molecular complexity index is 3770. The van der Waals surface area contributed by atoms with Crippen LogP contribution in [0.3, 0.4) is 0 Å². The third-order valence-corrected chi connectivity index (χ3v) is 15.0. The van der Waals surface area contributed by atoms with E-state index in [1.807, 2.05) is 11.3 Å². The lowest BCUT2D eigenvalue weighted by Gasteiger charge is -2.29. The van der Waals surface area contributed by atoms with Crippen molar-refractivity contribution in [1.82, 2.24) is 4.57 Å². The highest BCUT2D eigenvalue weighted by atomic mass is 32.1. The summed E-state index contributed by atoms with van der Waals surface area (Å²) in [6.07, 6.45) is 0. The average molecular weight is 835 g/mol. The van der Waals surface area contributed by atoms with E-state index in [9.17, 15) is 0 Å². The molecule has 302 valence electrons. The van der Waals surface area contributed by atoms with Crippen molar-refractivity contribution < 1.29 is 0 Å². The van der Waals surface area contributed by atoms with Crippen LogP contribution in [0.5, 0.6) is 0 Å². The summed E-state index contributed by atoms with van der Waals surface area (Å²) in [6, 6.07) is 80.9. The third kappa shape index (κ3) is 5.51. The van der Waals surface area contributed by atoms with E-state index in [1.165, 1.54) is 109 Å². The van der Waals surface area contributed by atoms with E-state index in [0.717, 1.165) is 11.4 Å². The van der Waals surface area contributed by atoms with E-state index in [1.54, 1.807) is 0 Å². The average Bonchev–Trinajstić information content (AvgIpc) is 3.98.